The fourth-order valence-electron chi connectivity index (χ4n) is 6.94. The highest BCUT2D eigenvalue weighted by Crippen LogP contribution is 2.41. The molecule has 3 heterocycles. The van der Waals surface area contributed by atoms with Crippen LogP contribution in [-0.4, -0.2) is 15.0 Å². The minimum absolute atomic E-state index is 0.650. The topological polar surface area (TPSA) is 38.7 Å². The molecule has 0 spiro atoms. The summed E-state index contributed by atoms with van der Waals surface area (Å²) in [6, 6.07) is 57.9. The highest BCUT2D eigenvalue weighted by molar-refractivity contribution is 7.26. The number of thiophene rings is 2. The Morgan fingerprint density at radius 2 is 0.880 bits per heavy atom. The summed E-state index contributed by atoms with van der Waals surface area (Å²) in [5.41, 5.74) is 7.45. The van der Waals surface area contributed by atoms with E-state index >= 15 is 0 Å². The van der Waals surface area contributed by atoms with Crippen LogP contribution in [0.3, 0.4) is 0 Å². The summed E-state index contributed by atoms with van der Waals surface area (Å²) in [5, 5.41) is 4.94. The van der Waals surface area contributed by atoms with Crippen molar-refractivity contribution >= 4 is 63.0 Å². The SMILES string of the molecule is c1ccc(-c2ccc(-c3nc(-c4ccc5sc6ccccc6c5c4)nc(-c4cccc5c4sc4ccccc45)n3)c(-c3ccccc3)c2)cc1. The van der Waals surface area contributed by atoms with Gasteiger partial charge in [-0.25, -0.2) is 15.0 Å². The normalized spacial score (nSPS) is 11.6. The second kappa shape index (κ2) is 11.8. The molecule has 0 aliphatic rings. The summed E-state index contributed by atoms with van der Waals surface area (Å²) in [7, 11) is 0. The maximum atomic E-state index is 5.30. The van der Waals surface area contributed by atoms with Gasteiger partial charge in [-0.15, -0.1) is 22.7 Å². The number of aromatic nitrogens is 3. The predicted octanol–water partition coefficient (Wildman–Crippen LogP) is 12.9. The Morgan fingerprint density at radius 3 is 1.66 bits per heavy atom. The fourth-order valence-corrected chi connectivity index (χ4v) is 9.24. The van der Waals surface area contributed by atoms with E-state index in [-0.39, 0.29) is 0 Å². The van der Waals surface area contributed by atoms with Crippen molar-refractivity contribution in [3.05, 3.63) is 164 Å². The molecule has 0 aliphatic heterocycles. The molecule has 234 valence electrons. The molecule has 10 rings (SSSR count). The van der Waals surface area contributed by atoms with Gasteiger partial charge in [-0.2, -0.15) is 0 Å². The Kier molecular flexibility index (Phi) is 6.86. The van der Waals surface area contributed by atoms with E-state index in [0.29, 0.717) is 17.5 Å². The average Bonchev–Trinajstić information content (AvgIpc) is 3.76. The van der Waals surface area contributed by atoms with Gasteiger partial charge in [0.1, 0.15) is 0 Å². The Balaban J connectivity index is 1.24. The quantitative estimate of drug-likeness (QED) is 0.182. The zero-order valence-corrected chi connectivity index (χ0v) is 28.4. The summed E-state index contributed by atoms with van der Waals surface area (Å²) < 4.78 is 4.96. The van der Waals surface area contributed by atoms with Crippen molar-refractivity contribution in [3.63, 3.8) is 0 Å². The van der Waals surface area contributed by atoms with E-state index in [9.17, 15) is 0 Å². The van der Waals surface area contributed by atoms with E-state index in [4.69, 9.17) is 15.0 Å². The smallest absolute Gasteiger partial charge is 0.165 e. The lowest BCUT2D eigenvalue weighted by atomic mass is 9.94. The van der Waals surface area contributed by atoms with Crippen LogP contribution in [0.15, 0.2) is 164 Å². The van der Waals surface area contributed by atoms with Crippen LogP contribution < -0.4 is 0 Å². The molecule has 10 aromatic rings. The van der Waals surface area contributed by atoms with Crippen molar-refractivity contribution in [1.82, 2.24) is 15.0 Å². The molecule has 0 atom stereocenters. The van der Waals surface area contributed by atoms with E-state index < -0.39 is 0 Å². The summed E-state index contributed by atoms with van der Waals surface area (Å²) >= 11 is 3.61. The van der Waals surface area contributed by atoms with Crippen LogP contribution in [0.25, 0.3) is 96.8 Å². The zero-order valence-electron chi connectivity index (χ0n) is 26.7. The van der Waals surface area contributed by atoms with Crippen LogP contribution in [0.1, 0.15) is 0 Å². The summed E-state index contributed by atoms with van der Waals surface area (Å²) in [4.78, 5) is 15.8. The van der Waals surface area contributed by atoms with Gasteiger partial charge in [0.2, 0.25) is 0 Å². The maximum absolute atomic E-state index is 5.30. The number of rotatable bonds is 5. The van der Waals surface area contributed by atoms with Crippen LogP contribution >= 0.6 is 22.7 Å². The summed E-state index contributed by atoms with van der Waals surface area (Å²) in [6.07, 6.45) is 0. The van der Waals surface area contributed by atoms with Gasteiger partial charge < -0.3 is 0 Å². The number of fused-ring (bicyclic) bond motifs is 6. The van der Waals surface area contributed by atoms with E-state index in [1.807, 2.05) is 11.3 Å². The molecular formula is C45H27N3S2. The number of hydrogen-bond donors (Lipinski definition) is 0. The first-order valence-corrected chi connectivity index (χ1v) is 18.2. The first kappa shape index (κ1) is 29.0. The molecule has 5 heteroatoms. The van der Waals surface area contributed by atoms with Crippen molar-refractivity contribution < 1.29 is 0 Å². The summed E-state index contributed by atoms with van der Waals surface area (Å²) in [6.45, 7) is 0. The van der Waals surface area contributed by atoms with Crippen LogP contribution in [0.2, 0.25) is 0 Å². The first-order chi connectivity index (χ1) is 24.8. The van der Waals surface area contributed by atoms with Crippen LogP contribution in [-0.2, 0) is 0 Å². The molecule has 0 fully saturated rings. The molecule has 0 saturated heterocycles. The Morgan fingerprint density at radius 1 is 0.300 bits per heavy atom. The summed E-state index contributed by atoms with van der Waals surface area (Å²) in [5.74, 6) is 1.98. The molecule has 0 saturated carbocycles. The van der Waals surface area contributed by atoms with Gasteiger partial charge in [0, 0.05) is 57.0 Å². The van der Waals surface area contributed by atoms with Gasteiger partial charge in [-0.05, 0) is 70.8 Å². The molecule has 3 aromatic heterocycles. The van der Waals surface area contributed by atoms with E-state index in [1.165, 1.54) is 45.9 Å². The average molecular weight is 674 g/mol. The van der Waals surface area contributed by atoms with Crippen LogP contribution in [0, 0.1) is 0 Å². The Labute approximate surface area is 296 Å². The van der Waals surface area contributed by atoms with Crippen molar-refractivity contribution in [3.8, 4) is 56.4 Å². The molecule has 0 unspecified atom stereocenters. The first-order valence-electron chi connectivity index (χ1n) is 16.6. The number of hydrogen-bond acceptors (Lipinski definition) is 5. The maximum Gasteiger partial charge on any atom is 0.165 e. The number of benzene rings is 7. The fraction of sp³-hybridized carbons (Fsp3) is 0. The van der Waals surface area contributed by atoms with Crippen molar-refractivity contribution in [1.29, 1.82) is 0 Å². The van der Waals surface area contributed by atoms with E-state index in [0.717, 1.165) is 33.4 Å². The minimum Gasteiger partial charge on any atom is -0.208 e. The molecule has 50 heavy (non-hydrogen) atoms. The standard InChI is InChI=1S/C45H27N3S2/c1-3-12-28(13-4-1)30-22-24-35(37(26-30)29-14-5-2-6-15-29)44-46-43(31-23-25-41-38(27-31)33-17-8-9-20-39(33)49-41)47-45(48-44)36-19-11-18-34-32-16-7-10-21-40(32)50-42(34)36/h1-27H. The molecular weight excluding hydrogens is 647 g/mol. The molecule has 3 nitrogen and oxygen atoms in total. The highest BCUT2D eigenvalue weighted by Gasteiger charge is 2.19. The van der Waals surface area contributed by atoms with Gasteiger partial charge in [-0.3, -0.25) is 0 Å². The molecule has 0 aliphatic carbocycles. The second-order valence-electron chi connectivity index (χ2n) is 12.4. The van der Waals surface area contributed by atoms with E-state index in [1.54, 1.807) is 11.3 Å². The second-order valence-corrected chi connectivity index (χ2v) is 14.5. The molecule has 0 amide bonds. The van der Waals surface area contributed by atoms with Crippen molar-refractivity contribution in [2.45, 2.75) is 0 Å². The van der Waals surface area contributed by atoms with Crippen molar-refractivity contribution in [2.24, 2.45) is 0 Å². The largest absolute Gasteiger partial charge is 0.208 e. The van der Waals surface area contributed by atoms with Gasteiger partial charge in [-0.1, -0.05) is 115 Å². The van der Waals surface area contributed by atoms with Crippen molar-refractivity contribution in [2.75, 3.05) is 0 Å². The lowest BCUT2D eigenvalue weighted by molar-refractivity contribution is 1.08. The van der Waals surface area contributed by atoms with Gasteiger partial charge in [0.05, 0.1) is 0 Å². The Hall–Kier alpha value is -6.01. The zero-order chi connectivity index (χ0) is 33.0. The highest BCUT2D eigenvalue weighted by atomic mass is 32.1. The minimum atomic E-state index is 0.650. The molecule has 0 bridgehead atoms. The van der Waals surface area contributed by atoms with Crippen LogP contribution in [0.4, 0.5) is 0 Å². The van der Waals surface area contributed by atoms with Crippen LogP contribution in [0.5, 0.6) is 0 Å². The third kappa shape index (κ3) is 4.90. The molecule has 7 aromatic carbocycles. The van der Waals surface area contributed by atoms with Gasteiger partial charge >= 0.3 is 0 Å². The lowest BCUT2D eigenvalue weighted by Gasteiger charge is -2.14. The molecule has 0 N–H and O–H groups in total. The van der Waals surface area contributed by atoms with Gasteiger partial charge in [0.15, 0.2) is 17.5 Å². The number of nitrogens with zero attached hydrogens (tertiary/aromatic N) is 3. The monoisotopic (exact) mass is 673 g/mol. The lowest BCUT2D eigenvalue weighted by Crippen LogP contribution is -2.01. The predicted molar refractivity (Wildman–Crippen MR) is 213 cm³/mol. The Bertz CT molecular complexity index is 2870. The van der Waals surface area contributed by atoms with E-state index in [2.05, 4.69) is 164 Å². The molecule has 0 radical (unpaired) electrons. The van der Waals surface area contributed by atoms with Gasteiger partial charge in [0.25, 0.3) is 0 Å². The third-order valence-electron chi connectivity index (χ3n) is 9.37. The third-order valence-corrected chi connectivity index (χ3v) is 11.7.